The zero-order valence-corrected chi connectivity index (χ0v) is 8.45. The molecule has 7 heteroatoms. The summed E-state index contributed by atoms with van der Waals surface area (Å²) >= 11 is 0. The molecule has 0 aliphatic carbocycles. The number of rotatable bonds is 4. The Labute approximate surface area is 95.4 Å². The van der Waals surface area contributed by atoms with E-state index in [4.69, 9.17) is 15.4 Å². The first-order valence-corrected chi connectivity index (χ1v) is 4.43. The predicted molar refractivity (Wildman–Crippen MR) is 55.5 cm³/mol. The number of hydrogen-bond acceptors (Lipinski definition) is 4. The molecule has 1 aromatic carbocycles. The monoisotopic (exact) mass is 239 g/mol. The Bertz CT molecular complexity index is 446. The highest BCUT2D eigenvalue weighted by Gasteiger charge is 2.15. The maximum Gasteiger partial charge on any atom is 0.343 e. The van der Waals surface area contributed by atoms with Crippen molar-refractivity contribution in [2.75, 3.05) is 0 Å². The molecular formula is C10H9NO6. The molecule has 0 amide bonds. The molecule has 90 valence electrons. The summed E-state index contributed by atoms with van der Waals surface area (Å²) in [6, 6.07) is 5.18. The maximum atomic E-state index is 10.6. The van der Waals surface area contributed by atoms with Crippen molar-refractivity contribution in [2.45, 2.75) is 0 Å². The number of carboxylic acids is 2. The van der Waals surface area contributed by atoms with Gasteiger partial charge in [-0.3, -0.25) is 0 Å². The van der Waals surface area contributed by atoms with Gasteiger partial charge in [0.2, 0.25) is 0 Å². The van der Waals surface area contributed by atoms with Crippen LogP contribution >= 0.6 is 0 Å². The molecule has 0 bridgehead atoms. The van der Waals surface area contributed by atoms with Crippen molar-refractivity contribution in [3.8, 4) is 0 Å². The average molecular weight is 239 g/mol. The van der Waals surface area contributed by atoms with Crippen molar-refractivity contribution in [2.24, 2.45) is 0 Å². The van der Waals surface area contributed by atoms with E-state index in [0.717, 1.165) is 6.08 Å². The van der Waals surface area contributed by atoms with Crippen LogP contribution in [0.25, 0.3) is 6.08 Å². The second-order valence-electron chi connectivity index (χ2n) is 3.10. The van der Waals surface area contributed by atoms with E-state index >= 15 is 0 Å². The molecule has 0 aromatic heterocycles. The minimum Gasteiger partial charge on any atom is -0.595 e. The average Bonchev–Trinajstić information content (AvgIpc) is 2.25. The van der Waals surface area contributed by atoms with E-state index in [9.17, 15) is 14.8 Å². The minimum absolute atomic E-state index is 0.0364. The molecule has 0 heterocycles. The Morgan fingerprint density at radius 1 is 1.12 bits per heavy atom. The van der Waals surface area contributed by atoms with Crippen molar-refractivity contribution in [3.05, 3.63) is 40.6 Å². The fourth-order valence-corrected chi connectivity index (χ4v) is 1.10. The van der Waals surface area contributed by atoms with Gasteiger partial charge in [-0.1, -0.05) is 0 Å². The summed E-state index contributed by atoms with van der Waals surface area (Å²) in [5.74, 6) is -3.11. The molecule has 0 fully saturated rings. The third-order valence-corrected chi connectivity index (χ3v) is 1.93. The molecule has 4 N–H and O–H groups in total. The zero-order chi connectivity index (χ0) is 13.0. The second-order valence-corrected chi connectivity index (χ2v) is 3.10. The fraction of sp³-hybridized carbons (Fsp3) is 0. The summed E-state index contributed by atoms with van der Waals surface area (Å²) in [5, 5.41) is 35.3. The van der Waals surface area contributed by atoms with Gasteiger partial charge >= 0.3 is 11.9 Å². The van der Waals surface area contributed by atoms with Gasteiger partial charge in [0.1, 0.15) is 5.57 Å². The van der Waals surface area contributed by atoms with Gasteiger partial charge in [0.15, 0.2) is 5.69 Å². The molecular weight excluding hydrogens is 230 g/mol. The van der Waals surface area contributed by atoms with Gasteiger partial charge in [-0.25, -0.2) is 14.8 Å². The first-order chi connectivity index (χ1) is 7.91. The van der Waals surface area contributed by atoms with E-state index in [1.54, 1.807) is 0 Å². The predicted octanol–water partition coefficient (Wildman–Crippen LogP) is -0.357. The third kappa shape index (κ3) is 3.38. The normalized spacial score (nSPS) is 11.6. The van der Waals surface area contributed by atoms with Crippen molar-refractivity contribution >= 4 is 23.7 Å². The van der Waals surface area contributed by atoms with E-state index in [1.165, 1.54) is 24.3 Å². The Kier molecular flexibility index (Phi) is 3.94. The van der Waals surface area contributed by atoms with Gasteiger partial charge < -0.3 is 15.4 Å². The van der Waals surface area contributed by atoms with Crippen LogP contribution in [-0.4, -0.2) is 27.4 Å². The molecule has 0 saturated carbocycles. The van der Waals surface area contributed by atoms with Crippen molar-refractivity contribution in [1.29, 1.82) is 0 Å². The highest BCUT2D eigenvalue weighted by atomic mass is 16.8. The standard InChI is InChI=1S/C10H9NO6/c12-9(13)8(10(14)15)5-6-1-3-7(4-2-6)11(16)17/h1-5,11,16H,(H,12,13)(H,14,15). The van der Waals surface area contributed by atoms with Gasteiger partial charge in [-0.15, -0.1) is 0 Å². The molecule has 1 aromatic rings. The minimum atomic E-state index is -1.56. The van der Waals surface area contributed by atoms with Crippen molar-refractivity contribution in [1.82, 2.24) is 0 Å². The molecule has 17 heavy (non-hydrogen) atoms. The number of carbonyl (C=O) groups is 2. The Balaban J connectivity index is 3.05. The summed E-state index contributed by atoms with van der Waals surface area (Å²) in [6.45, 7) is 0. The van der Waals surface area contributed by atoms with Crippen LogP contribution < -0.4 is 5.23 Å². The van der Waals surface area contributed by atoms with Crippen molar-refractivity contribution in [3.63, 3.8) is 0 Å². The number of hydrogen-bond donors (Lipinski definition) is 4. The number of carboxylic acid groups (broad SMARTS) is 2. The van der Waals surface area contributed by atoms with Crippen LogP contribution in [0.5, 0.6) is 0 Å². The van der Waals surface area contributed by atoms with Crippen LogP contribution in [0.4, 0.5) is 5.69 Å². The van der Waals surface area contributed by atoms with E-state index in [-0.39, 0.29) is 5.69 Å². The van der Waals surface area contributed by atoms with Gasteiger partial charge in [0.25, 0.3) is 0 Å². The quantitative estimate of drug-likeness (QED) is 0.246. The molecule has 1 unspecified atom stereocenters. The molecule has 1 atom stereocenters. The highest BCUT2D eigenvalue weighted by Crippen LogP contribution is 2.10. The number of aliphatic carboxylic acids is 2. The largest absolute Gasteiger partial charge is 0.595 e. The Hall–Kier alpha value is -2.22. The van der Waals surface area contributed by atoms with E-state index in [0.29, 0.717) is 5.56 Å². The number of benzene rings is 1. The first kappa shape index (κ1) is 12.8. The molecule has 0 aliphatic heterocycles. The lowest BCUT2D eigenvalue weighted by Gasteiger charge is -2.10. The molecule has 1 rings (SSSR count). The summed E-state index contributed by atoms with van der Waals surface area (Å²) in [4.78, 5) is 21.2. The molecule has 0 radical (unpaired) electrons. The van der Waals surface area contributed by atoms with Crippen LogP contribution in [0, 0.1) is 5.21 Å². The SMILES string of the molecule is O=C(O)C(=Cc1ccc([NH+]([O-])O)cc1)C(=O)O. The lowest BCUT2D eigenvalue weighted by Crippen LogP contribution is -2.99. The van der Waals surface area contributed by atoms with E-state index < -0.39 is 22.7 Å². The number of nitrogens with one attached hydrogen (secondary N) is 1. The summed E-state index contributed by atoms with van der Waals surface area (Å²) < 4.78 is 0. The number of quaternary nitrogens is 1. The van der Waals surface area contributed by atoms with Gasteiger partial charge in [0, 0.05) is 12.1 Å². The fourth-order valence-electron chi connectivity index (χ4n) is 1.10. The molecule has 0 aliphatic rings. The third-order valence-electron chi connectivity index (χ3n) is 1.93. The van der Waals surface area contributed by atoms with Gasteiger partial charge in [-0.2, -0.15) is 5.23 Å². The second kappa shape index (κ2) is 5.21. The van der Waals surface area contributed by atoms with Crippen molar-refractivity contribution < 1.29 is 30.2 Å². The summed E-state index contributed by atoms with van der Waals surface area (Å²) in [7, 11) is 0. The van der Waals surface area contributed by atoms with Gasteiger partial charge in [0.05, 0.1) is 0 Å². The molecule has 0 spiro atoms. The molecule has 7 nitrogen and oxygen atoms in total. The zero-order valence-electron chi connectivity index (χ0n) is 8.45. The lowest BCUT2D eigenvalue weighted by atomic mass is 10.1. The van der Waals surface area contributed by atoms with Crippen LogP contribution in [0.15, 0.2) is 29.8 Å². The molecule has 0 saturated heterocycles. The van der Waals surface area contributed by atoms with Crippen LogP contribution in [-0.2, 0) is 9.59 Å². The van der Waals surface area contributed by atoms with E-state index in [1.807, 2.05) is 0 Å². The first-order valence-electron chi connectivity index (χ1n) is 4.43. The Morgan fingerprint density at radius 2 is 1.59 bits per heavy atom. The van der Waals surface area contributed by atoms with Crippen LogP contribution in [0.1, 0.15) is 5.56 Å². The highest BCUT2D eigenvalue weighted by molar-refractivity contribution is 6.16. The smallest absolute Gasteiger partial charge is 0.343 e. The lowest BCUT2D eigenvalue weighted by molar-refractivity contribution is -0.991. The van der Waals surface area contributed by atoms with Crippen LogP contribution in [0.3, 0.4) is 0 Å². The topological polar surface area (TPSA) is 122 Å². The van der Waals surface area contributed by atoms with E-state index in [2.05, 4.69) is 0 Å². The Morgan fingerprint density at radius 3 is 1.94 bits per heavy atom. The summed E-state index contributed by atoms with van der Waals surface area (Å²) in [6.07, 6.45) is 0.955. The van der Waals surface area contributed by atoms with Crippen LogP contribution in [0.2, 0.25) is 0 Å². The summed E-state index contributed by atoms with van der Waals surface area (Å²) in [5.41, 5.74) is -0.447. The maximum absolute atomic E-state index is 10.6. The van der Waals surface area contributed by atoms with Gasteiger partial charge in [-0.05, 0) is 23.8 Å².